The average molecular weight is 243 g/mol. The Bertz CT molecular complexity index is 433. The summed E-state index contributed by atoms with van der Waals surface area (Å²) in [7, 11) is 0. The Morgan fingerprint density at radius 1 is 1.69 bits per heavy atom. The van der Waals surface area contributed by atoms with E-state index in [-0.39, 0.29) is 16.6 Å². The van der Waals surface area contributed by atoms with E-state index >= 15 is 0 Å². The molecule has 1 aliphatic heterocycles. The number of H-pyrrole nitrogens is 1. The van der Waals surface area contributed by atoms with Crippen molar-refractivity contribution in [1.29, 1.82) is 0 Å². The van der Waals surface area contributed by atoms with Crippen molar-refractivity contribution in [2.75, 3.05) is 18.0 Å². The lowest BCUT2D eigenvalue weighted by Crippen LogP contribution is -2.46. The quantitative estimate of drug-likeness (QED) is 0.756. The van der Waals surface area contributed by atoms with Crippen molar-refractivity contribution in [1.82, 2.24) is 9.97 Å². The van der Waals surface area contributed by atoms with E-state index in [2.05, 4.69) is 16.9 Å². The van der Waals surface area contributed by atoms with Gasteiger partial charge in [-0.05, 0) is 12.3 Å². The highest BCUT2D eigenvalue weighted by Crippen LogP contribution is 2.24. The van der Waals surface area contributed by atoms with Gasteiger partial charge in [0.2, 0.25) is 0 Å². The molecule has 0 amide bonds. The molecular weight excluding hydrogens is 228 g/mol. The Hall–Kier alpha value is -1.07. The van der Waals surface area contributed by atoms with E-state index in [0.717, 1.165) is 19.5 Å². The van der Waals surface area contributed by atoms with E-state index in [0.29, 0.717) is 11.7 Å². The smallest absolute Gasteiger partial charge is 0.271 e. The molecule has 1 saturated heterocycles. The Balaban J connectivity index is 2.25. The van der Waals surface area contributed by atoms with Gasteiger partial charge in [-0.15, -0.1) is 0 Å². The topological polar surface area (TPSA) is 75.0 Å². The second-order valence-corrected chi connectivity index (χ2v) is 4.62. The summed E-state index contributed by atoms with van der Waals surface area (Å²) >= 11 is 5.93. The molecule has 0 saturated carbocycles. The molecule has 0 aromatic carbocycles. The number of hydrogen-bond acceptors (Lipinski definition) is 4. The minimum atomic E-state index is -0.297. The van der Waals surface area contributed by atoms with Gasteiger partial charge in [0.05, 0.1) is 6.33 Å². The van der Waals surface area contributed by atoms with E-state index in [9.17, 15) is 4.79 Å². The van der Waals surface area contributed by atoms with Gasteiger partial charge in [0.1, 0.15) is 5.02 Å². The number of aromatic nitrogens is 2. The maximum absolute atomic E-state index is 11.3. The maximum Gasteiger partial charge on any atom is 0.271 e. The molecule has 16 heavy (non-hydrogen) atoms. The number of nitrogens with zero attached hydrogens (tertiary/aromatic N) is 2. The SMILES string of the molecule is CC1CN(c2nc[nH]c(=O)c2Cl)CCC1N. The van der Waals surface area contributed by atoms with Gasteiger partial charge >= 0.3 is 0 Å². The highest BCUT2D eigenvalue weighted by atomic mass is 35.5. The van der Waals surface area contributed by atoms with Gasteiger partial charge < -0.3 is 15.6 Å². The Morgan fingerprint density at radius 3 is 3.12 bits per heavy atom. The molecule has 1 fully saturated rings. The molecule has 2 heterocycles. The summed E-state index contributed by atoms with van der Waals surface area (Å²) in [4.78, 5) is 19.9. The molecule has 1 aromatic heterocycles. The summed E-state index contributed by atoms with van der Waals surface area (Å²) in [6.07, 6.45) is 2.27. The van der Waals surface area contributed by atoms with Crippen LogP contribution in [-0.4, -0.2) is 29.1 Å². The Kier molecular flexibility index (Phi) is 3.16. The van der Waals surface area contributed by atoms with Crippen LogP contribution in [0.5, 0.6) is 0 Å². The van der Waals surface area contributed by atoms with Crippen LogP contribution in [-0.2, 0) is 0 Å². The first kappa shape index (κ1) is 11.4. The largest absolute Gasteiger partial charge is 0.355 e. The number of nitrogens with two attached hydrogens (primary N) is 1. The van der Waals surface area contributed by atoms with Crippen LogP contribution in [0.25, 0.3) is 0 Å². The molecule has 0 spiro atoms. The van der Waals surface area contributed by atoms with Crippen LogP contribution in [0.1, 0.15) is 13.3 Å². The summed E-state index contributed by atoms with van der Waals surface area (Å²) in [5, 5.41) is 0.158. The summed E-state index contributed by atoms with van der Waals surface area (Å²) in [5.41, 5.74) is 5.64. The first-order valence-corrected chi connectivity index (χ1v) is 5.71. The molecule has 6 heteroatoms. The lowest BCUT2D eigenvalue weighted by Gasteiger charge is -2.35. The summed E-state index contributed by atoms with van der Waals surface area (Å²) in [6.45, 7) is 3.68. The molecule has 88 valence electrons. The number of rotatable bonds is 1. The number of piperidine rings is 1. The molecule has 0 radical (unpaired) electrons. The monoisotopic (exact) mass is 242 g/mol. The molecule has 0 aliphatic carbocycles. The minimum absolute atomic E-state index is 0.158. The summed E-state index contributed by atoms with van der Waals surface area (Å²) < 4.78 is 0. The van der Waals surface area contributed by atoms with Crippen LogP contribution in [0.4, 0.5) is 5.82 Å². The zero-order valence-corrected chi connectivity index (χ0v) is 9.87. The number of hydrogen-bond donors (Lipinski definition) is 2. The van der Waals surface area contributed by atoms with Crippen LogP contribution >= 0.6 is 11.6 Å². The van der Waals surface area contributed by atoms with Crippen molar-refractivity contribution in [3.05, 3.63) is 21.7 Å². The van der Waals surface area contributed by atoms with Gasteiger partial charge in [-0.25, -0.2) is 4.98 Å². The average Bonchev–Trinajstić information content (AvgIpc) is 2.26. The fourth-order valence-corrected chi connectivity index (χ4v) is 2.17. The third-order valence-electron chi connectivity index (χ3n) is 3.05. The van der Waals surface area contributed by atoms with Crippen LogP contribution in [0.15, 0.2) is 11.1 Å². The van der Waals surface area contributed by atoms with Crippen molar-refractivity contribution >= 4 is 17.4 Å². The fraction of sp³-hybridized carbons (Fsp3) is 0.600. The standard InChI is InChI=1S/C10H15ClN4O/c1-6-4-15(3-2-7(6)12)9-8(11)10(16)14-5-13-9/h5-7H,2-4,12H2,1H3,(H,13,14,16). The van der Waals surface area contributed by atoms with Crippen LogP contribution in [0, 0.1) is 5.92 Å². The molecule has 2 atom stereocenters. The molecule has 1 aliphatic rings. The number of halogens is 1. The van der Waals surface area contributed by atoms with Gasteiger partial charge in [0.15, 0.2) is 5.82 Å². The van der Waals surface area contributed by atoms with Gasteiger partial charge in [0, 0.05) is 19.1 Å². The molecule has 5 nitrogen and oxygen atoms in total. The summed E-state index contributed by atoms with van der Waals surface area (Å²) in [5.74, 6) is 0.940. The molecular formula is C10H15ClN4O. The number of anilines is 1. The van der Waals surface area contributed by atoms with E-state index in [1.807, 2.05) is 4.90 Å². The first-order chi connectivity index (χ1) is 7.59. The zero-order valence-electron chi connectivity index (χ0n) is 9.11. The second kappa shape index (κ2) is 4.43. The van der Waals surface area contributed by atoms with Crippen LogP contribution in [0.2, 0.25) is 5.02 Å². The Labute approximate surface area is 98.6 Å². The molecule has 1 aromatic rings. The Morgan fingerprint density at radius 2 is 2.44 bits per heavy atom. The van der Waals surface area contributed by atoms with E-state index in [1.54, 1.807) is 0 Å². The highest BCUT2D eigenvalue weighted by molar-refractivity contribution is 6.32. The normalized spacial score (nSPS) is 25.8. The minimum Gasteiger partial charge on any atom is -0.355 e. The van der Waals surface area contributed by atoms with Crippen molar-refractivity contribution in [3.63, 3.8) is 0 Å². The lowest BCUT2D eigenvalue weighted by molar-refractivity contribution is 0.381. The molecule has 0 bridgehead atoms. The van der Waals surface area contributed by atoms with Crippen molar-refractivity contribution in [2.45, 2.75) is 19.4 Å². The van der Waals surface area contributed by atoms with Crippen LogP contribution in [0.3, 0.4) is 0 Å². The van der Waals surface area contributed by atoms with E-state index < -0.39 is 0 Å². The predicted molar refractivity (Wildman–Crippen MR) is 63.8 cm³/mol. The van der Waals surface area contributed by atoms with Gasteiger partial charge in [-0.2, -0.15) is 0 Å². The fourth-order valence-electron chi connectivity index (χ4n) is 1.95. The van der Waals surface area contributed by atoms with E-state index in [4.69, 9.17) is 17.3 Å². The second-order valence-electron chi connectivity index (χ2n) is 4.25. The van der Waals surface area contributed by atoms with Crippen molar-refractivity contribution in [2.24, 2.45) is 11.7 Å². The molecule has 2 unspecified atom stereocenters. The van der Waals surface area contributed by atoms with Crippen molar-refractivity contribution in [3.8, 4) is 0 Å². The predicted octanol–water partition coefficient (Wildman–Crippen LogP) is 0.597. The third kappa shape index (κ3) is 2.05. The maximum atomic E-state index is 11.3. The van der Waals surface area contributed by atoms with Gasteiger partial charge in [0.25, 0.3) is 5.56 Å². The third-order valence-corrected chi connectivity index (χ3v) is 3.39. The first-order valence-electron chi connectivity index (χ1n) is 5.33. The number of nitrogens with one attached hydrogen (secondary N) is 1. The van der Waals surface area contributed by atoms with E-state index in [1.165, 1.54) is 6.33 Å². The highest BCUT2D eigenvalue weighted by Gasteiger charge is 2.25. The molecule has 3 N–H and O–H groups in total. The summed E-state index contributed by atoms with van der Waals surface area (Å²) in [6, 6.07) is 0.219. The van der Waals surface area contributed by atoms with Crippen molar-refractivity contribution < 1.29 is 0 Å². The molecule has 2 rings (SSSR count). The zero-order chi connectivity index (χ0) is 11.7. The van der Waals surface area contributed by atoms with Gasteiger partial charge in [-0.3, -0.25) is 4.79 Å². The lowest BCUT2D eigenvalue weighted by atomic mass is 9.95. The van der Waals surface area contributed by atoms with Crippen LogP contribution < -0.4 is 16.2 Å². The van der Waals surface area contributed by atoms with Gasteiger partial charge in [-0.1, -0.05) is 18.5 Å². The number of aromatic amines is 1.